The molecule has 17 aromatic rings. The molecule has 4 aliphatic carbocycles. The number of nitrogens with zero attached hydrogens (tertiary/aromatic N) is 2. The molecule has 2 nitrogen and oxygen atoms in total. The molecule has 21 rings (SSSR count). The smallest absolute Gasteiger partial charge is 0.0546 e. The molecule has 0 heterocycles. The lowest BCUT2D eigenvalue weighted by Crippen LogP contribution is -2.18. The zero-order valence-corrected chi connectivity index (χ0v) is 64.5. The molecule has 0 aromatic heterocycles. The number of benzene rings is 17. The van der Waals surface area contributed by atoms with Gasteiger partial charge in [0, 0.05) is 55.5 Å². The third-order valence-electron chi connectivity index (χ3n) is 25.9. The van der Waals surface area contributed by atoms with Gasteiger partial charge in [-0.2, -0.15) is 0 Å². The van der Waals surface area contributed by atoms with Gasteiger partial charge in [-0.3, -0.25) is 0 Å². The molecular weight excluding hydrogens is 1350 g/mol. The van der Waals surface area contributed by atoms with Crippen LogP contribution in [0.15, 0.2) is 364 Å². The van der Waals surface area contributed by atoms with Gasteiger partial charge in [0.15, 0.2) is 0 Å². The maximum atomic E-state index is 2.56. The summed E-state index contributed by atoms with van der Waals surface area (Å²) in [5.74, 6) is 0. The van der Waals surface area contributed by atoms with Gasteiger partial charge in [0.1, 0.15) is 0 Å². The molecule has 0 N–H and O–H groups in total. The Bertz CT molecular complexity index is 6700. The third-order valence-corrected chi connectivity index (χ3v) is 25.9. The van der Waals surface area contributed by atoms with Crippen molar-refractivity contribution in [2.75, 3.05) is 9.80 Å². The average molecular weight is 1430 g/mol. The van der Waals surface area contributed by atoms with E-state index in [0.717, 1.165) is 34.1 Å². The van der Waals surface area contributed by atoms with E-state index in [1.807, 2.05) is 0 Å². The van der Waals surface area contributed by atoms with Crippen molar-refractivity contribution in [1.82, 2.24) is 0 Å². The number of hydrogen-bond acceptors (Lipinski definition) is 2. The first kappa shape index (κ1) is 67.0. The molecule has 2 heteroatoms. The zero-order chi connectivity index (χ0) is 75.5. The second kappa shape index (κ2) is 25.2. The molecule has 4 aliphatic rings. The normalized spacial score (nSPS) is 14.4. The van der Waals surface area contributed by atoms with Gasteiger partial charge in [-0.05, 0) is 263 Å². The molecule has 112 heavy (non-hydrogen) atoms. The number of fused-ring (bicyclic) bond motifs is 15. The van der Waals surface area contributed by atoms with Crippen LogP contribution >= 0.6 is 0 Å². The van der Waals surface area contributed by atoms with E-state index in [1.54, 1.807) is 0 Å². The van der Waals surface area contributed by atoms with Crippen LogP contribution in [0, 0.1) is 0 Å². The van der Waals surface area contributed by atoms with Crippen molar-refractivity contribution in [2.24, 2.45) is 0 Å². The van der Waals surface area contributed by atoms with Crippen LogP contribution in [0.2, 0.25) is 0 Å². The van der Waals surface area contributed by atoms with Crippen LogP contribution < -0.4 is 9.80 Å². The first-order valence-electron chi connectivity index (χ1n) is 39.7. The van der Waals surface area contributed by atoms with Gasteiger partial charge in [0.2, 0.25) is 0 Å². The highest BCUT2D eigenvalue weighted by Crippen LogP contribution is 2.58. The predicted molar refractivity (Wildman–Crippen MR) is 474 cm³/mol. The Morgan fingerprint density at radius 2 is 0.420 bits per heavy atom. The minimum absolute atomic E-state index is 0.187. The fourth-order valence-electron chi connectivity index (χ4n) is 19.7. The summed E-state index contributed by atoms with van der Waals surface area (Å²) in [6.07, 6.45) is 0. The fourth-order valence-corrected chi connectivity index (χ4v) is 19.7. The van der Waals surface area contributed by atoms with Gasteiger partial charge < -0.3 is 9.80 Å². The Balaban J connectivity index is 0.629. The summed E-state index contributed by atoms with van der Waals surface area (Å²) >= 11 is 0. The van der Waals surface area contributed by atoms with E-state index >= 15 is 0 Å². The van der Waals surface area contributed by atoms with Crippen molar-refractivity contribution < 1.29 is 0 Å². The second-order valence-corrected chi connectivity index (χ2v) is 33.6. The molecule has 0 amide bonds. The molecule has 0 spiro atoms. The van der Waals surface area contributed by atoms with Gasteiger partial charge in [0.25, 0.3) is 0 Å². The first-order valence-corrected chi connectivity index (χ1v) is 39.7. The molecule has 534 valence electrons. The SMILES string of the molecule is CC1(C)c2cc(-c3ccc(-c4ccccc4)cc3)ccc2-c2ccc(N(c3ccc(-c4ccccc4)cc3)c3ccc4c(c3)C(C)(C)c3cc(-c5ccc6cc(N(c7ccc8c(c7)C(C)(C)c7ccccc7-8)c7ccc8c(c7)C(C)(C)c7cc(-c9ccc(-c%10ccccc%10)cc9)ccc7-8)c7ccccc7c6c5)ccc3-4)cc21. The quantitative estimate of drug-likeness (QED) is 0.113. The number of anilines is 6. The van der Waals surface area contributed by atoms with Crippen LogP contribution in [0.5, 0.6) is 0 Å². The standard InChI is InChI=1S/C110H84N2/c1-107(2)98-31-21-20-29-88(98)92-58-51-85(67-102(92)107)112(86-52-59-95-90-54-45-79(62-100(90)109(5,6)105(95)68-86)76-38-34-73(35-39-76)70-24-14-10-15-25-70)106-64-81-41-40-77(60-97(81)87-28-18-19-30-96(87)106)80-46-55-91-94-57-50-84(66-104(94)110(7,8)101(91)63-80)111(82-47-42-74(43-48-82)71-26-16-11-17-27-71)83-49-56-93-89-53-44-78(61-99(89)108(3,4)103(93)65-83)75-36-32-72(33-37-75)69-22-12-9-13-23-69/h9-68H,1-8H3. The van der Waals surface area contributed by atoms with Crippen LogP contribution in [-0.4, -0.2) is 0 Å². The van der Waals surface area contributed by atoms with Gasteiger partial charge in [-0.25, -0.2) is 0 Å². The molecule has 0 saturated carbocycles. The molecule has 0 unspecified atom stereocenters. The third kappa shape index (κ3) is 10.5. The monoisotopic (exact) mass is 1430 g/mol. The van der Waals surface area contributed by atoms with Crippen molar-refractivity contribution in [1.29, 1.82) is 0 Å². The highest BCUT2D eigenvalue weighted by Gasteiger charge is 2.41. The lowest BCUT2D eigenvalue weighted by Gasteiger charge is -2.31. The van der Waals surface area contributed by atoms with E-state index in [-0.39, 0.29) is 21.7 Å². The average Bonchev–Trinajstić information content (AvgIpc) is 1.52. The lowest BCUT2D eigenvalue weighted by atomic mass is 9.81. The minimum Gasteiger partial charge on any atom is -0.310 e. The highest BCUT2D eigenvalue weighted by atomic mass is 15.1. The first-order chi connectivity index (χ1) is 54.5. The zero-order valence-electron chi connectivity index (χ0n) is 64.5. The summed E-state index contributed by atoms with van der Waals surface area (Å²) < 4.78 is 0. The molecule has 0 aliphatic heterocycles. The van der Waals surface area contributed by atoms with E-state index < -0.39 is 0 Å². The largest absolute Gasteiger partial charge is 0.310 e. The number of rotatable bonds is 12. The lowest BCUT2D eigenvalue weighted by molar-refractivity contribution is 0.660. The Kier molecular flexibility index (Phi) is 15.1. The molecule has 17 aromatic carbocycles. The van der Waals surface area contributed by atoms with Gasteiger partial charge in [0.05, 0.1) is 5.69 Å². The van der Waals surface area contributed by atoms with Crippen molar-refractivity contribution in [3.8, 4) is 111 Å². The summed E-state index contributed by atoms with van der Waals surface area (Å²) in [5, 5.41) is 4.85. The second-order valence-electron chi connectivity index (χ2n) is 33.6. The maximum Gasteiger partial charge on any atom is 0.0546 e. The van der Waals surface area contributed by atoms with E-state index in [2.05, 4.69) is 429 Å². The van der Waals surface area contributed by atoms with E-state index in [4.69, 9.17) is 0 Å². The van der Waals surface area contributed by atoms with E-state index in [0.29, 0.717) is 0 Å². The van der Waals surface area contributed by atoms with Crippen LogP contribution in [0.3, 0.4) is 0 Å². The molecule has 0 bridgehead atoms. The van der Waals surface area contributed by atoms with Crippen LogP contribution in [0.1, 0.15) is 99.9 Å². The molecule has 0 atom stereocenters. The Hall–Kier alpha value is -13.1. The molecule has 0 radical (unpaired) electrons. The summed E-state index contributed by atoms with van der Waals surface area (Å²) in [6.45, 7) is 19.3. The van der Waals surface area contributed by atoms with E-state index in [1.165, 1.54) is 177 Å². The van der Waals surface area contributed by atoms with Crippen molar-refractivity contribution in [3.05, 3.63) is 408 Å². The summed E-state index contributed by atoms with van der Waals surface area (Å²) in [7, 11) is 0. The van der Waals surface area contributed by atoms with E-state index in [9.17, 15) is 0 Å². The van der Waals surface area contributed by atoms with Crippen LogP contribution in [0.4, 0.5) is 34.1 Å². The van der Waals surface area contributed by atoms with Crippen LogP contribution in [-0.2, 0) is 21.7 Å². The topological polar surface area (TPSA) is 6.48 Å². The number of hydrogen-bond donors (Lipinski definition) is 0. The maximum absolute atomic E-state index is 2.56. The Morgan fingerprint density at radius 1 is 0.161 bits per heavy atom. The highest BCUT2D eigenvalue weighted by molar-refractivity contribution is 6.16. The summed E-state index contributed by atoms with van der Waals surface area (Å²) in [5.41, 5.74) is 41.6. The van der Waals surface area contributed by atoms with Crippen molar-refractivity contribution >= 4 is 55.7 Å². The van der Waals surface area contributed by atoms with Crippen molar-refractivity contribution in [3.63, 3.8) is 0 Å². The fraction of sp³-hybridized carbons (Fsp3) is 0.109. The van der Waals surface area contributed by atoms with Crippen LogP contribution in [0.25, 0.3) is 133 Å². The molecule has 0 saturated heterocycles. The predicted octanol–water partition coefficient (Wildman–Crippen LogP) is 30.2. The summed E-state index contributed by atoms with van der Waals surface area (Å²) in [4.78, 5) is 5.05. The Labute approximate surface area is 657 Å². The molecule has 0 fully saturated rings. The molecular formula is C110H84N2. The van der Waals surface area contributed by atoms with Gasteiger partial charge in [-0.1, -0.05) is 328 Å². The minimum atomic E-state index is -0.313. The van der Waals surface area contributed by atoms with Crippen molar-refractivity contribution in [2.45, 2.75) is 77.0 Å². The van der Waals surface area contributed by atoms with Gasteiger partial charge >= 0.3 is 0 Å². The van der Waals surface area contributed by atoms with Gasteiger partial charge in [-0.15, -0.1) is 0 Å². The summed E-state index contributed by atoms with van der Waals surface area (Å²) in [6, 6.07) is 138. The Morgan fingerprint density at radius 3 is 0.830 bits per heavy atom.